The summed E-state index contributed by atoms with van der Waals surface area (Å²) in [6.07, 6.45) is 2.77. The van der Waals surface area contributed by atoms with Crippen molar-refractivity contribution < 1.29 is 9.53 Å². The molecule has 3 nitrogen and oxygen atoms in total. The minimum atomic E-state index is -0.117. The fourth-order valence-corrected chi connectivity index (χ4v) is 2.47. The maximum absolute atomic E-state index is 10.5. The van der Waals surface area contributed by atoms with Crippen LogP contribution in [-0.2, 0) is 16.0 Å². The molecule has 1 atom stereocenters. The second-order valence-corrected chi connectivity index (χ2v) is 4.33. The number of carbonyl (C=O) groups is 1. The van der Waals surface area contributed by atoms with E-state index in [1.807, 2.05) is 24.3 Å². The lowest BCUT2D eigenvalue weighted by Gasteiger charge is -2.23. The van der Waals surface area contributed by atoms with Crippen molar-refractivity contribution in [2.45, 2.75) is 25.4 Å². The number of rotatable bonds is 2. The van der Waals surface area contributed by atoms with E-state index in [2.05, 4.69) is 11.1 Å². The first-order valence-corrected chi connectivity index (χ1v) is 5.86. The van der Waals surface area contributed by atoms with E-state index >= 15 is 0 Å². The maximum atomic E-state index is 10.5. The number of fused-ring (bicyclic) bond motifs is 2. The topological polar surface area (TPSA) is 39.2 Å². The summed E-state index contributed by atoms with van der Waals surface area (Å²) in [5, 5.41) is 1.10. The van der Waals surface area contributed by atoms with Crippen LogP contribution in [0.15, 0.2) is 30.3 Å². The highest BCUT2D eigenvalue weighted by atomic mass is 16.5. The highest BCUT2D eigenvalue weighted by Crippen LogP contribution is 2.32. The van der Waals surface area contributed by atoms with Crippen LogP contribution in [0.4, 0.5) is 0 Å². The van der Waals surface area contributed by atoms with E-state index in [-0.39, 0.29) is 6.10 Å². The first-order chi connectivity index (χ1) is 8.38. The van der Waals surface area contributed by atoms with Crippen molar-refractivity contribution in [3.8, 4) is 0 Å². The van der Waals surface area contributed by atoms with Gasteiger partial charge in [0.25, 0.3) is 6.47 Å². The normalized spacial score (nSPS) is 18.7. The summed E-state index contributed by atoms with van der Waals surface area (Å²) < 4.78 is 5.14. The van der Waals surface area contributed by atoms with Crippen molar-refractivity contribution in [3.63, 3.8) is 0 Å². The SMILES string of the molecule is O=COC1CCCc2nc3ccccc3cc21. The zero-order chi connectivity index (χ0) is 11.7. The zero-order valence-electron chi connectivity index (χ0n) is 9.43. The maximum Gasteiger partial charge on any atom is 0.293 e. The predicted octanol–water partition coefficient (Wildman–Crippen LogP) is 2.79. The predicted molar refractivity (Wildman–Crippen MR) is 64.6 cm³/mol. The third-order valence-corrected chi connectivity index (χ3v) is 3.28. The largest absolute Gasteiger partial charge is 0.460 e. The van der Waals surface area contributed by atoms with Crippen LogP contribution in [0.5, 0.6) is 0 Å². The molecule has 0 saturated heterocycles. The number of aromatic nitrogens is 1. The number of aryl methyl sites for hydroxylation is 1. The van der Waals surface area contributed by atoms with Crippen LogP contribution in [0.2, 0.25) is 0 Å². The first-order valence-electron chi connectivity index (χ1n) is 5.86. The van der Waals surface area contributed by atoms with Crippen LogP contribution in [0.25, 0.3) is 10.9 Å². The number of para-hydroxylation sites is 1. The van der Waals surface area contributed by atoms with Gasteiger partial charge in [-0.25, -0.2) is 0 Å². The summed E-state index contributed by atoms with van der Waals surface area (Å²) in [4.78, 5) is 15.2. The molecule has 1 aromatic carbocycles. The molecule has 0 spiro atoms. The molecule has 2 aromatic rings. The molecule has 1 aliphatic rings. The smallest absolute Gasteiger partial charge is 0.293 e. The van der Waals surface area contributed by atoms with Gasteiger partial charge in [0.1, 0.15) is 6.10 Å². The summed E-state index contributed by atoms with van der Waals surface area (Å²) in [6.45, 7) is 0.537. The van der Waals surface area contributed by atoms with Gasteiger partial charge in [-0.05, 0) is 31.4 Å². The van der Waals surface area contributed by atoms with Crippen LogP contribution in [0.1, 0.15) is 30.2 Å². The lowest BCUT2D eigenvalue weighted by molar-refractivity contribution is -0.134. The van der Waals surface area contributed by atoms with Crippen molar-refractivity contribution in [2.24, 2.45) is 0 Å². The lowest BCUT2D eigenvalue weighted by atomic mass is 9.92. The van der Waals surface area contributed by atoms with E-state index < -0.39 is 0 Å². The number of pyridine rings is 1. The molecular formula is C14H13NO2. The standard InChI is InChI=1S/C14H13NO2/c16-9-17-14-7-3-6-13-11(14)8-10-4-1-2-5-12(10)15-13/h1-2,4-5,8-9,14H,3,6-7H2. The summed E-state index contributed by atoms with van der Waals surface area (Å²) in [6, 6.07) is 10.1. The first kappa shape index (κ1) is 10.3. The monoisotopic (exact) mass is 227 g/mol. The molecule has 3 rings (SSSR count). The Morgan fingerprint density at radius 3 is 3.12 bits per heavy atom. The quantitative estimate of drug-likeness (QED) is 0.740. The van der Waals surface area contributed by atoms with Crippen LogP contribution < -0.4 is 0 Å². The average molecular weight is 227 g/mol. The molecule has 0 N–H and O–H groups in total. The number of ether oxygens (including phenoxy) is 1. The lowest BCUT2D eigenvalue weighted by Crippen LogP contribution is -2.13. The third kappa shape index (κ3) is 1.78. The second kappa shape index (κ2) is 4.17. The van der Waals surface area contributed by atoms with Crippen molar-refractivity contribution >= 4 is 17.4 Å². The van der Waals surface area contributed by atoms with Crippen LogP contribution in [0.3, 0.4) is 0 Å². The minimum absolute atomic E-state index is 0.117. The molecule has 0 radical (unpaired) electrons. The Morgan fingerprint density at radius 1 is 1.35 bits per heavy atom. The molecule has 0 saturated carbocycles. The Balaban J connectivity index is 2.15. The molecule has 0 fully saturated rings. The van der Waals surface area contributed by atoms with Gasteiger partial charge in [0.15, 0.2) is 0 Å². The van der Waals surface area contributed by atoms with Crippen LogP contribution in [-0.4, -0.2) is 11.5 Å². The fourth-order valence-electron chi connectivity index (χ4n) is 2.47. The van der Waals surface area contributed by atoms with E-state index in [9.17, 15) is 4.79 Å². The zero-order valence-corrected chi connectivity index (χ0v) is 9.43. The Labute approximate surface area is 99.4 Å². The molecule has 1 aromatic heterocycles. The highest BCUT2D eigenvalue weighted by molar-refractivity contribution is 5.79. The molecule has 86 valence electrons. The van der Waals surface area contributed by atoms with E-state index in [1.165, 1.54) is 0 Å². The Morgan fingerprint density at radius 2 is 2.24 bits per heavy atom. The molecule has 17 heavy (non-hydrogen) atoms. The van der Waals surface area contributed by atoms with Gasteiger partial charge in [0, 0.05) is 16.6 Å². The van der Waals surface area contributed by atoms with Crippen molar-refractivity contribution in [2.75, 3.05) is 0 Å². The van der Waals surface area contributed by atoms with Crippen LogP contribution in [0, 0.1) is 0 Å². The van der Waals surface area contributed by atoms with Crippen molar-refractivity contribution in [1.82, 2.24) is 4.98 Å². The average Bonchev–Trinajstić information content (AvgIpc) is 2.37. The van der Waals surface area contributed by atoms with Gasteiger partial charge < -0.3 is 4.74 Å². The number of carbonyl (C=O) groups excluding carboxylic acids is 1. The van der Waals surface area contributed by atoms with Gasteiger partial charge >= 0.3 is 0 Å². The van der Waals surface area contributed by atoms with Gasteiger partial charge in [-0.2, -0.15) is 0 Å². The van der Waals surface area contributed by atoms with Gasteiger partial charge in [-0.15, -0.1) is 0 Å². The number of benzene rings is 1. The van der Waals surface area contributed by atoms with Crippen molar-refractivity contribution in [1.29, 1.82) is 0 Å². The molecule has 0 aliphatic heterocycles. The number of nitrogens with zero attached hydrogens (tertiary/aromatic N) is 1. The summed E-state index contributed by atoms with van der Waals surface area (Å²) in [7, 11) is 0. The number of hydrogen-bond donors (Lipinski definition) is 0. The van der Waals surface area contributed by atoms with E-state index in [0.29, 0.717) is 6.47 Å². The fraction of sp³-hybridized carbons (Fsp3) is 0.286. The molecule has 1 unspecified atom stereocenters. The number of hydrogen-bond acceptors (Lipinski definition) is 3. The summed E-state index contributed by atoms with van der Waals surface area (Å²) >= 11 is 0. The van der Waals surface area contributed by atoms with E-state index in [4.69, 9.17) is 4.74 Å². The summed E-state index contributed by atoms with van der Waals surface area (Å²) in [5.74, 6) is 0. The summed E-state index contributed by atoms with van der Waals surface area (Å²) in [5.41, 5.74) is 3.15. The van der Waals surface area contributed by atoms with Gasteiger partial charge in [-0.1, -0.05) is 18.2 Å². The minimum Gasteiger partial charge on any atom is -0.460 e. The van der Waals surface area contributed by atoms with Crippen molar-refractivity contribution in [3.05, 3.63) is 41.6 Å². The highest BCUT2D eigenvalue weighted by Gasteiger charge is 2.22. The molecule has 0 bridgehead atoms. The molecule has 1 aliphatic carbocycles. The van der Waals surface area contributed by atoms with Gasteiger partial charge in [0.2, 0.25) is 0 Å². The molecule has 3 heteroatoms. The molecule has 0 amide bonds. The Bertz CT molecular complexity index is 565. The molecule has 1 heterocycles. The Hall–Kier alpha value is -1.90. The van der Waals surface area contributed by atoms with Crippen LogP contribution >= 0.6 is 0 Å². The Kier molecular flexibility index (Phi) is 2.52. The van der Waals surface area contributed by atoms with E-state index in [0.717, 1.165) is 41.4 Å². The van der Waals surface area contributed by atoms with E-state index in [1.54, 1.807) is 0 Å². The van der Waals surface area contributed by atoms with Gasteiger partial charge in [0.05, 0.1) is 5.52 Å². The van der Waals surface area contributed by atoms with Gasteiger partial charge in [-0.3, -0.25) is 9.78 Å². The third-order valence-electron chi connectivity index (χ3n) is 3.28. The second-order valence-electron chi connectivity index (χ2n) is 4.33. The molecular weight excluding hydrogens is 214 g/mol.